The van der Waals surface area contributed by atoms with Crippen LogP contribution < -0.4 is 0 Å². The first kappa shape index (κ1) is 22.2. The number of nitrogens with one attached hydrogen (secondary N) is 1. The van der Waals surface area contributed by atoms with Gasteiger partial charge in [0.05, 0.1) is 22.1 Å². The van der Waals surface area contributed by atoms with Gasteiger partial charge in [0.15, 0.2) is 0 Å². The molecule has 0 amide bonds. The summed E-state index contributed by atoms with van der Waals surface area (Å²) in [6.45, 7) is 0. The zero-order chi connectivity index (χ0) is 27.8. The number of aromatic nitrogens is 2. The highest BCUT2D eigenvalue weighted by Gasteiger charge is 2.24. The molecule has 0 fully saturated rings. The van der Waals surface area contributed by atoms with Gasteiger partial charge in [0, 0.05) is 63.6 Å². The molecule has 2 nitrogen and oxygen atoms in total. The second kappa shape index (κ2) is 7.71. The molecule has 0 aliphatic rings. The third kappa shape index (κ3) is 2.61. The molecule has 0 aliphatic heterocycles. The number of benzene rings is 7. The van der Waals surface area contributed by atoms with E-state index in [2.05, 4.69) is 137 Å². The van der Waals surface area contributed by atoms with E-state index in [1.54, 1.807) is 0 Å². The Hall–Kier alpha value is -5.38. The van der Waals surface area contributed by atoms with Gasteiger partial charge in [-0.05, 0) is 34.5 Å². The predicted molar refractivity (Wildman–Crippen MR) is 186 cm³/mol. The summed E-state index contributed by atoms with van der Waals surface area (Å²) in [5.41, 5.74) is 8.80. The van der Waals surface area contributed by atoms with E-state index < -0.39 is 0 Å². The molecule has 198 valence electrons. The predicted octanol–water partition coefficient (Wildman–Crippen LogP) is 11.7. The second-order valence-electron chi connectivity index (χ2n) is 11.7. The van der Waals surface area contributed by atoms with E-state index in [0.717, 1.165) is 0 Å². The van der Waals surface area contributed by atoms with Crippen LogP contribution in [0.2, 0.25) is 0 Å². The van der Waals surface area contributed by atoms with Crippen molar-refractivity contribution in [2.75, 3.05) is 0 Å². The van der Waals surface area contributed by atoms with Crippen molar-refractivity contribution in [3.05, 3.63) is 127 Å². The molecular weight excluding hydrogens is 541 g/mol. The van der Waals surface area contributed by atoms with E-state index in [1.165, 1.54) is 102 Å². The first-order valence-electron chi connectivity index (χ1n) is 14.8. The van der Waals surface area contributed by atoms with Gasteiger partial charge in [-0.3, -0.25) is 0 Å². The fraction of sp³-hybridized carbons (Fsp3) is 0. The summed E-state index contributed by atoms with van der Waals surface area (Å²) >= 11 is 1.90. The van der Waals surface area contributed by atoms with Crippen LogP contribution in [-0.2, 0) is 0 Å². The van der Waals surface area contributed by atoms with Crippen molar-refractivity contribution >= 4 is 102 Å². The van der Waals surface area contributed by atoms with Gasteiger partial charge in [-0.15, -0.1) is 11.3 Å². The zero-order valence-corrected chi connectivity index (χ0v) is 23.8. The van der Waals surface area contributed by atoms with Crippen LogP contribution >= 0.6 is 11.3 Å². The first-order chi connectivity index (χ1) is 21.4. The normalized spacial score (nSPS) is 12.7. The Bertz CT molecular complexity index is 2950. The molecule has 0 radical (unpaired) electrons. The number of hydrogen-bond donors (Lipinski definition) is 1. The zero-order valence-electron chi connectivity index (χ0n) is 23.0. The number of nitrogens with zero attached hydrogens (tertiary/aromatic N) is 1. The molecule has 0 unspecified atom stereocenters. The van der Waals surface area contributed by atoms with Gasteiger partial charge in [0.25, 0.3) is 0 Å². The van der Waals surface area contributed by atoms with Crippen molar-refractivity contribution in [3.63, 3.8) is 0 Å². The number of H-pyrrole nitrogens is 1. The van der Waals surface area contributed by atoms with Crippen LogP contribution in [0.1, 0.15) is 0 Å². The second-order valence-corrected chi connectivity index (χ2v) is 12.8. The quantitative estimate of drug-likeness (QED) is 0.205. The fourth-order valence-corrected chi connectivity index (χ4v) is 9.23. The largest absolute Gasteiger partial charge is 0.353 e. The minimum absolute atomic E-state index is 1.17. The fourth-order valence-electron chi connectivity index (χ4n) is 8.00. The Balaban J connectivity index is 1.41. The molecule has 7 aromatic carbocycles. The van der Waals surface area contributed by atoms with Crippen LogP contribution in [-0.4, -0.2) is 9.38 Å². The van der Waals surface area contributed by atoms with Crippen molar-refractivity contribution in [2.24, 2.45) is 0 Å². The Morgan fingerprint density at radius 3 is 2.00 bits per heavy atom. The molecule has 0 saturated carbocycles. The lowest BCUT2D eigenvalue weighted by molar-refractivity contribution is 1.37. The SMILES string of the molecule is c1cc(-c2cccc3c2sc2ccccc23)c2c(c1)[nH]c1c2c2ccccc2c2c3cccc4c5ccccc5n(c43)c12. The van der Waals surface area contributed by atoms with Gasteiger partial charge in [-0.25, -0.2) is 0 Å². The van der Waals surface area contributed by atoms with E-state index in [-0.39, 0.29) is 0 Å². The summed E-state index contributed by atoms with van der Waals surface area (Å²) in [5, 5.41) is 13.1. The van der Waals surface area contributed by atoms with Crippen molar-refractivity contribution in [1.82, 2.24) is 9.38 Å². The smallest absolute Gasteiger partial charge is 0.0790 e. The summed E-state index contributed by atoms with van der Waals surface area (Å²) in [4.78, 5) is 3.97. The number of hydrogen-bond acceptors (Lipinski definition) is 1. The molecule has 0 bridgehead atoms. The highest BCUT2D eigenvalue weighted by molar-refractivity contribution is 7.26. The summed E-state index contributed by atoms with van der Waals surface area (Å²) in [5.74, 6) is 0. The third-order valence-electron chi connectivity index (χ3n) is 9.65. The maximum absolute atomic E-state index is 3.97. The van der Waals surface area contributed by atoms with Gasteiger partial charge < -0.3 is 9.38 Å². The first-order valence-corrected chi connectivity index (χ1v) is 15.6. The lowest BCUT2D eigenvalue weighted by atomic mass is 9.94. The van der Waals surface area contributed by atoms with E-state index in [9.17, 15) is 0 Å². The van der Waals surface area contributed by atoms with E-state index >= 15 is 0 Å². The van der Waals surface area contributed by atoms with Crippen molar-refractivity contribution in [2.45, 2.75) is 0 Å². The van der Waals surface area contributed by atoms with Crippen LogP contribution in [0.3, 0.4) is 0 Å². The Morgan fingerprint density at radius 1 is 0.442 bits per heavy atom. The van der Waals surface area contributed by atoms with Crippen molar-refractivity contribution < 1.29 is 0 Å². The topological polar surface area (TPSA) is 20.2 Å². The van der Waals surface area contributed by atoms with Crippen LogP contribution in [0.25, 0.3) is 102 Å². The van der Waals surface area contributed by atoms with Gasteiger partial charge in [0.1, 0.15) is 0 Å². The lowest BCUT2D eigenvalue weighted by Gasteiger charge is -2.09. The van der Waals surface area contributed by atoms with E-state index in [4.69, 9.17) is 0 Å². The minimum atomic E-state index is 1.17. The van der Waals surface area contributed by atoms with Crippen LogP contribution in [0.15, 0.2) is 127 Å². The van der Waals surface area contributed by atoms with Crippen molar-refractivity contribution in [1.29, 1.82) is 0 Å². The number of fused-ring (bicyclic) bond motifs is 16. The summed E-state index contributed by atoms with van der Waals surface area (Å²) in [6, 6.07) is 47.0. The average molecular weight is 563 g/mol. The summed E-state index contributed by atoms with van der Waals surface area (Å²) in [7, 11) is 0. The maximum atomic E-state index is 3.97. The van der Waals surface area contributed by atoms with Gasteiger partial charge >= 0.3 is 0 Å². The van der Waals surface area contributed by atoms with Crippen LogP contribution in [0.4, 0.5) is 0 Å². The van der Waals surface area contributed by atoms with Crippen molar-refractivity contribution in [3.8, 4) is 11.1 Å². The average Bonchev–Trinajstić information content (AvgIpc) is 3.81. The van der Waals surface area contributed by atoms with Gasteiger partial charge in [-0.2, -0.15) is 0 Å². The van der Waals surface area contributed by atoms with Gasteiger partial charge in [0.2, 0.25) is 0 Å². The molecule has 43 heavy (non-hydrogen) atoms. The van der Waals surface area contributed by atoms with E-state index in [0.29, 0.717) is 0 Å². The highest BCUT2D eigenvalue weighted by Crippen LogP contribution is 2.49. The molecule has 0 spiro atoms. The molecule has 11 rings (SSSR count). The summed E-state index contributed by atoms with van der Waals surface area (Å²) < 4.78 is 5.20. The summed E-state index contributed by atoms with van der Waals surface area (Å²) in [6.07, 6.45) is 0. The van der Waals surface area contributed by atoms with Gasteiger partial charge in [-0.1, -0.05) is 109 Å². The molecule has 0 aliphatic carbocycles. The third-order valence-corrected chi connectivity index (χ3v) is 10.9. The number of para-hydroxylation sites is 2. The molecule has 3 heteroatoms. The van der Waals surface area contributed by atoms with E-state index in [1.807, 2.05) is 11.3 Å². The molecule has 1 N–H and O–H groups in total. The molecule has 4 heterocycles. The Kier molecular flexibility index (Phi) is 3.99. The standard InChI is InChI=1S/C40H22N2S/c1-2-13-25-24(12-1)34-30-18-7-15-27-22-10-3-5-20-32(22)42(38(27)30)39(34)37-36(25)35-26(14-9-19-31(35)41-37)29-17-8-16-28-23-11-4-6-21-33(23)43-40(28)29/h1-21,41H. The number of rotatable bonds is 1. The minimum Gasteiger partial charge on any atom is -0.353 e. The highest BCUT2D eigenvalue weighted by atomic mass is 32.1. The number of aromatic amines is 1. The molecule has 11 aromatic rings. The number of thiophene rings is 1. The maximum Gasteiger partial charge on any atom is 0.0790 e. The Morgan fingerprint density at radius 2 is 1.09 bits per heavy atom. The molecule has 0 atom stereocenters. The molecule has 4 aromatic heterocycles. The molecule has 0 saturated heterocycles. The molecular formula is C40H22N2S. The van der Waals surface area contributed by atoms with Crippen LogP contribution in [0.5, 0.6) is 0 Å². The Labute approximate surface area is 249 Å². The van der Waals surface area contributed by atoms with Crippen LogP contribution in [0, 0.1) is 0 Å². The monoisotopic (exact) mass is 562 g/mol. The lowest BCUT2D eigenvalue weighted by Crippen LogP contribution is -1.85.